The molecule has 0 amide bonds. The first kappa shape index (κ1) is 16.7. The quantitative estimate of drug-likeness (QED) is 0.775. The van der Waals surface area contributed by atoms with Gasteiger partial charge in [0.15, 0.2) is 17.3 Å². The van der Waals surface area contributed by atoms with E-state index in [4.69, 9.17) is 0 Å². The summed E-state index contributed by atoms with van der Waals surface area (Å²) in [7, 11) is 0. The SMILES string of the molecule is CCc1ncnc(N2CCC(Cn3c(=O)[nH]c4cccnc43)CC2)c1F. The fourth-order valence-corrected chi connectivity index (χ4v) is 3.61. The molecule has 0 spiro atoms. The molecule has 1 fully saturated rings. The summed E-state index contributed by atoms with van der Waals surface area (Å²) >= 11 is 0. The van der Waals surface area contributed by atoms with Crippen molar-refractivity contribution in [1.82, 2.24) is 24.5 Å². The lowest BCUT2D eigenvalue weighted by Crippen LogP contribution is -2.37. The standard InChI is InChI=1S/C18H21FN6O/c1-2-13-15(19)17(22-11-21-13)24-8-5-12(6-9-24)10-25-16-14(23-18(25)26)4-3-7-20-16/h3-4,7,11-12H,2,5-6,8-10H2,1H3,(H,23,26). The number of nitrogens with one attached hydrogen (secondary N) is 1. The molecular formula is C18H21FN6O. The van der Waals surface area contributed by atoms with E-state index in [9.17, 15) is 9.18 Å². The van der Waals surface area contributed by atoms with Crippen LogP contribution in [0.5, 0.6) is 0 Å². The third kappa shape index (κ3) is 2.95. The fourth-order valence-electron chi connectivity index (χ4n) is 3.61. The molecule has 0 unspecified atom stereocenters. The number of aromatic nitrogens is 5. The van der Waals surface area contributed by atoms with E-state index >= 15 is 0 Å². The zero-order valence-corrected chi connectivity index (χ0v) is 14.7. The number of halogens is 1. The van der Waals surface area contributed by atoms with E-state index in [-0.39, 0.29) is 11.5 Å². The maximum atomic E-state index is 14.5. The average Bonchev–Trinajstić information content (AvgIpc) is 2.98. The Hall–Kier alpha value is -2.77. The predicted molar refractivity (Wildman–Crippen MR) is 96.7 cm³/mol. The average molecular weight is 356 g/mol. The Morgan fingerprint density at radius 1 is 1.27 bits per heavy atom. The van der Waals surface area contributed by atoms with Crippen molar-refractivity contribution < 1.29 is 4.39 Å². The molecule has 0 saturated carbocycles. The van der Waals surface area contributed by atoms with Crippen molar-refractivity contribution in [2.24, 2.45) is 5.92 Å². The van der Waals surface area contributed by atoms with E-state index in [1.54, 1.807) is 10.8 Å². The first-order valence-corrected chi connectivity index (χ1v) is 8.95. The molecule has 7 nitrogen and oxygen atoms in total. The fraction of sp³-hybridized carbons (Fsp3) is 0.444. The highest BCUT2D eigenvalue weighted by atomic mass is 19.1. The number of hydrogen-bond donors (Lipinski definition) is 1. The van der Waals surface area contributed by atoms with Gasteiger partial charge in [0, 0.05) is 25.8 Å². The van der Waals surface area contributed by atoms with Crippen molar-refractivity contribution in [3.8, 4) is 0 Å². The second-order valence-corrected chi connectivity index (χ2v) is 6.66. The van der Waals surface area contributed by atoms with Gasteiger partial charge in [-0.15, -0.1) is 0 Å². The Morgan fingerprint density at radius 3 is 2.85 bits per heavy atom. The molecule has 4 rings (SSSR count). The van der Waals surface area contributed by atoms with Gasteiger partial charge < -0.3 is 9.88 Å². The Labute approximate surface area is 149 Å². The summed E-state index contributed by atoms with van der Waals surface area (Å²) in [5.74, 6) is 0.423. The molecule has 1 aliphatic heterocycles. The van der Waals surface area contributed by atoms with Crippen LogP contribution in [-0.2, 0) is 13.0 Å². The molecule has 0 aromatic carbocycles. The van der Waals surface area contributed by atoms with Gasteiger partial charge in [0.05, 0.1) is 11.2 Å². The molecule has 0 atom stereocenters. The van der Waals surface area contributed by atoms with Crippen LogP contribution in [-0.4, -0.2) is 37.6 Å². The third-order valence-corrected chi connectivity index (χ3v) is 5.06. The van der Waals surface area contributed by atoms with Crippen LogP contribution in [0.25, 0.3) is 11.2 Å². The highest BCUT2D eigenvalue weighted by molar-refractivity contribution is 5.69. The number of fused-ring (bicyclic) bond motifs is 1. The van der Waals surface area contributed by atoms with Crippen LogP contribution < -0.4 is 10.6 Å². The lowest BCUT2D eigenvalue weighted by atomic mass is 9.96. The number of hydrogen-bond acceptors (Lipinski definition) is 5. The van der Waals surface area contributed by atoms with Gasteiger partial charge in [-0.1, -0.05) is 6.92 Å². The van der Waals surface area contributed by atoms with Crippen molar-refractivity contribution in [2.45, 2.75) is 32.7 Å². The topological polar surface area (TPSA) is 79.7 Å². The van der Waals surface area contributed by atoms with Crippen LogP contribution >= 0.6 is 0 Å². The van der Waals surface area contributed by atoms with Crippen LogP contribution in [0.15, 0.2) is 29.5 Å². The predicted octanol–water partition coefficient (Wildman–Crippen LogP) is 2.13. The minimum Gasteiger partial charge on any atom is -0.354 e. The lowest BCUT2D eigenvalue weighted by molar-refractivity contribution is 0.353. The number of aryl methyl sites for hydroxylation is 1. The van der Waals surface area contributed by atoms with Gasteiger partial charge in [0.25, 0.3) is 0 Å². The molecule has 3 aromatic rings. The molecule has 3 aromatic heterocycles. The maximum Gasteiger partial charge on any atom is 0.327 e. The molecule has 1 N–H and O–H groups in total. The molecule has 8 heteroatoms. The van der Waals surface area contributed by atoms with E-state index in [1.165, 1.54) is 6.33 Å². The minimum absolute atomic E-state index is 0.129. The van der Waals surface area contributed by atoms with Crippen LogP contribution in [0.2, 0.25) is 0 Å². The molecule has 0 radical (unpaired) electrons. The number of nitrogens with zero attached hydrogens (tertiary/aromatic N) is 5. The monoisotopic (exact) mass is 356 g/mol. The Bertz CT molecular complexity index is 973. The highest BCUT2D eigenvalue weighted by Crippen LogP contribution is 2.26. The number of piperidine rings is 1. The van der Waals surface area contributed by atoms with Crippen LogP contribution in [0.4, 0.5) is 10.2 Å². The summed E-state index contributed by atoms with van der Waals surface area (Å²) in [6.45, 7) is 3.93. The van der Waals surface area contributed by atoms with E-state index in [0.717, 1.165) is 18.4 Å². The number of rotatable bonds is 4. The zero-order valence-electron chi connectivity index (χ0n) is 14.7. The molecule has 26 heavy (non-hydrogen) atoms. The minimum atomic E-state index is -0.314. The van der Waals surface area contributed by atoms with E-state index < -0.39 is 0 Å². The third-order valence-electron chi connectivity index (χ3n) is 5.06. The van der Waals surface area contributed by atoms with Gasteiger partial charge in [0.1, 0.15) is 6.33 Å². The van der Waals surface area contributed by atoms with Gasteiger partial charge >= 0.3 is 5.69 Å². The van der Waals surface area contributed by atoms with Gasteiger partial charge in [-0.05, 0) is 37.3 Å². The molecule has 0 bridgehead atoms. The smallest absolute Gasteiger partial charge is 0.327 e. The number of pyridine rings is 1. The normalized spacial score (nSPS) is 15.7. The zero-order chi connectivity index (χ0) is 18.1. The summed E-state index contributed by atoms with van der Waals surface area (Å²) < 4.78 is 16.2. The van der Waals surface area contributed by atoms with Gasteiger partial charge in [-0.3, -0.25) is 4.57 Å². The van der Waals surface area contributed by atoms with E-state index in [2.05, 4.69) is 19.9 Å². The highest BCUT2D eigenvalue weighted by Gasteiger charge is 2.24. The molecule has 1 aliphatic rings. The first-order valence-electron chi connectivity index (χ1n) is 8.95. The van der Waals surface area contributed by atoms with Gasteiger partial charge in [-0.2, -0.15) is 0 Å². The molecule has 1 saturated heterocycles. The molecule has 136 valence electrons. The van der Waals surface area contributed by atoms with Crippen LogP contribution in [0, 0.1) is 11.7 Å². The number of aromatic amines is 1. The molecule has 4 heterocycles. The number of imidazole rings is 1. The van der Waals surface area contributed by atoms with Gasteiger partial charge in [-0.25, -0.2) is 24.1 Å². The number of H-pyrrole nitrogens is 1. The second-order valence-electron chi connectivity index (χ2n) is 6.66. The first-order chi connectivity index (χ1) is 12.7. The summed E-state index contributed by atoms with van der Waals surface area (Å²) in [6, 6.07) is 3.66. The van der Waals surface area contributed by atoms with Crippen molar-refractivity contribution >= 4 is 17.0 Å². The Balaban J connectivity index is 1.47. The number of anilines is 1. The Morgan fingerprint density at radius 2 is 2.08 bits per heavy atom. The van der Waals surface area contributed by atoms with Crippen molar-refractivity contribution in [2.75, 3.05) is 18.0 Å². The molecule has 0 aliphatic carbocycles. The van der Waals surface area contributed by atoms with Crippen LogP contribution in [0.3, 0.4) is 0 Å². The largest absolute Gasteiger partial charge is 0.354 e. The van der Waals surface area contributed by atoms with E-state index in [1.807, 2.05) is 24.0 Å². The second kappa shape index (κ2) is 6.86. The van der Waals surface area contributed by atoms with Gasteiger partial charge in [0.2, 0.25) is 0 Å². The maximum absolute atomic E-state index is 14.5. The van der Waals surface area contributed by atoms with E-state index in [0.29, 0.717) is 49.1 Å². The summed E-state index contributed by atoms with van der Waals surface area (Å²) in [5.41, 5.74) is 1.77. The lowest BCUT2D eigenvalue weighted by Gasteiger charge is -2.33. The van der Waals surface area contributed by atoms with Crippen LogP contribution in [0.1, 0.15) is 25.5 Å². The summed E-state index contributed by atoms with van der Waals surface area (Å²) in [6.07, 6.45) is 5.42. The summed E-state index contributed by atoms with van der Waals surface area (Å²) in [5, 5.41) is 0. The Kier molecular flexibility index (Phi) is 4.40. The summed E-state index contributed by atoms with van der Waals surface area (Å²) in [4.78, 5) is 29.5. The van der Waals surface area contributed by atoms with Crippen molar-refractivity contribution in [3.05, 3.63) is 46.7 Å². The molecular weight excluding hydrogens is 335 g/mol. The van der Waals surface area contributed by atoms with Crippen molar-refractivity contribution in [3.63, 3.8) is 0 Å². The van der Waals surface area contributed by atoms with Crippen molar-refractivity contribution in [1.29, 1.82) is 0 Å².